The van der Waals surface area contributed by atoms with Crippen LogP contribution in [0.4, 0.5) is 8.78 Å². The van der Waals surface area contributed by atoms with E-state index in [0.717, 1.165) is 25.7 Å². The fourth-order valence-corrected chi connectivity index (χ4v) is 3.16. The monoisotopic (exact) mass is 498 g/mol. The smallest absolute Gasteiger partial charge is 0.358 e. The van der Waals surface area contributed by atoms with Crippen molar-refractivity contribution in [1.82, 2.24) is 10.3 Å². The Hall–Kier alpha value is -4.18. The second-order valence-corrected chi connectivity index (χ2v) is 7.78. The van der Waals surface area contributed by atoms with Gasteiger partial charge in [0.1, 0.15) is 17.3 Å². The van der Waals surface area contributed by atoms with Crippen molar-refractivity contribution < 1.29 is 37.6 Å². The number of Topliss-reactive ketones (excluding diaryl/α,β-unsaturated/α-hetero) is 1. The van der Waals surface area contributed by atoms with Gasteiger partial charge < -0.3 is 19.3 Å². The Kier molecular flexibility index (Phi) is 9.58. The number of rotatable bonds is 10. The Labute approximate surface area is 205 Å². The van der Waals surface area contributed by atoms with E-state index in [9.17, 15) is 18.4 Å². The fourth-order valence-electron chi connectivity index (χ4n) is 3.16. The third kappa shape index (κ3) is 7.67. The van der Waals surface area contributed by atoms with Gasteiger partial charge in [-0.25, -0.2) is 13.6 Å². The minimum absolute atomic E-state index is 0.0592. The molecule has 0 aliphatic heterocycles. The van der Waals surface area contributed by atoms with Crippen LogP contribution < -0.4 is 0 Å². The Balaban J connectivity index is 0.000000212. The van der Waals surface area contributed by atoms with E-state index < -0.39 is 5.97 Å². The zero-order chi connectivity index (χ0) is 25.9. The fraction of sp³-hybridized carbons (Fsp3) is 0.231. The second kappa shape index (κ2) is 13.1. The van der Waals surface area contributed by atoms with E-state index in [4.69, 9.17) is 19.3 Å². The van der Waals surface area contributed by atoms with Gasteiger partial charge in [-0.15, -0.1) is 0 Å². The Bertz CT molecular complexity index is 1270. The van der Waals surface area contributed by atoms with Gasteiger partial charge in [-0.1, -0.05) is 23.2 Å². The number of aromatic carboxylic acids is 1. The molecule has 0 saturated carbocycles. The van der Waals surface area contributed by atoms with Crippen LogP contribution in [0.1, 0.15) is 53.1 Å². The number of carbonyl (C=O) groups excluding carboxylic acids is 1. The minimum atomic E-state index is -1.16. The summed E-state index contributed by atoms with van der Waals surface area (Å²) in [7, 11) is 0. The lowest BCUT2D eigenvalue weighted by molar-refractivity contribution is 0.0685. The highest BCUT2D eigenvalue weighted by molar-refractivity contribution is 5.94. The number of aromatic nitrogens is 2. The van der Waals surface area contributed by atoms with Gasteiger partial charge in [0.2, 0.25) is 0 Å². The second-order valence-electron chi connectivity index (χ2n) is 7.78. The number of benzene rings is 2. The predicted molar refractivity (Wildman–Crippen MR) is 125 cm³/mol. The van der Waals surface area contributed by atoms with Crippen LogP contribution in [0.25, 0.3) is 22.6 Å². The van der Waals surface area contributed by atoms with Crippen LogP contribution in [0.15, 0.2) is 69.7 Å². The number of hydrogen-bond acceptors (Lipinski definition) is 7. The molecule has 4 aromatic rings. The molecule has 0 aliphatic rings. The van der Waals surface area contributed by atoms with Crippen molar-refractivity contribution in [1.29, 1.82) is 0 Å². The zero-order valence-electron chi connectivity index (χ0n) is 19.2. The highest BCUT2D eigenvalue weighted by Gasteiger charge is 2.14. The molecule has 10 heteroatoms. The standard InChI is InChI=1S/C16H18FNO3.C10H6FNO3/c17-13-8-6-12(7-9-13)16-11-14(18-21-16)15(20)5-3-1-2-4-10-19;11-7-3-1-6(2-4-7)9-5-8(10(13)14)12-15-9/h6-9,11,19H,1-5,10H2;1-5H,(H,13,14). The molecule has 2 aromatic carbocycles. The van der Waals surface area contributed by atoms with Crippen molar-refractivity contribution in [2.75, 3.05) is 6.61 Å². The number of carboxylic acid groups (broad SMARTS) is 1. The van der Waals surface area contributed by atoms with E-state index in [1.54, 1.807) is 18.2 Å². The summed E-state index contributed by atoms with van der Waals surface area (Å²) in [4.78, 5) is 22.5. The highest BCUT2D eigenvalue weighted by atomic mass is 19.1. The maximum atomic E-state index is 12.8. The Morgan fingerprint density at radius 1 is 0.722 bits per heavy atom. The number of carbonyl (C=O) groups is 2. The summed E-state index contributed by atoms with van der Waals surface area (Å²) in [5, 5.41) is 24.4. The number of aliphatic hydroxyl groups excluding tert-OH is 1. The van der Waals surface area contributed by atoms with Gasteiger partial charge in [-0.05, 0) is 61.4 Å². The maximum absolute atomic E-state index is 12.8. The Morgan fingerprint density at radius 3 is 1.67 bits per heavy atom. The third-order valence-electron chi connectivity index (χ3n) is 5.09. The molecule has 0 saturated heterocycles. The first kappa shape index (κ1) is 26.4. The molecule has 0 amide bonds. The summed E-state index contributed by atoms with van der Waals surface area (Å²) in [5.41, 5.74) is 1.40. The van der Waals surface area contributed by atoms with E-state index in [-0.39, 0.29) is 29.7 Å². The van der Waals surface area contributed by atoms with Gasteiger partial charge >= 0.3 is 5.97 Å². The van der Waals surface area contributed by atoms with Crippen LogP contribution in [0.3, 0.4) is 0 Å². The summed E-state index contributed by atoms with van der Waals surface area (Å²) in [5.74, 6) is -1.15. The first-order valence-electron chi connectivity index (χ1n) is 11.2. The van der Waals surface area contributed by atoms with Crippen LogP contribution >= 0.6 is 0 Å². The highest BCUT2D eigenvalue weighted by Crippen LogP contribution is 2.22. The van der Waals surface area contributed by atoms with Gasteiger partial charge in [0.15, 0.2) is 23.0 Å². The van der Waals surface area contributed by atoms with Crippen molar-refractivity contribution >= 4 is 11.8 Å². The van der Waals surface area contributed by atoms with Gasteiger partial charge in [-0.2, -0.15) is 0 Å². The molecule has 2 aromatic heterocycles. The molecule has 0 bridgehead atoms. The lowest BCUT2D eigenvalue weighted by atomic mass is 10.1. The molecule has 188 valence electrons. The van der Waals surface area contributed by atoms with Gasteiger partial charge in [0.25, 0.3) is 0 Å². The van der Waals surface area contributed by atoms with E-state index in [1.807, 2.05) is 0 Å². The van der Waals surface area contributed by atoms with Crippen molar-refractivity contribution in [3.05, 3.63) is 83.7 Å². The van der Waals surface area contributed by atoms with Gasteiger partial charge in [0.05, 0.1) is 0 Å². The van der Waals surface area contributed by atoms with Crippen LogP contribution in [-0.4, -0.2) is 38.9 Å². The van der Waals surface area contributed by atoms with Crippen molar-refractivity contribution in [2.45, 2.75) is 32.1 Å². The number of unbranched alkanes of at least 4 members (excludes halogenated alkanes) is 3. The van der Waals surface area contributed by atoms with E-state index in [2.05, 4.69) is 10.3 Å². The lowest BCUT2D eigenvalue weighted by Gasteiger charge is -1.97. The summed E-state index contributed by atoms with van der Waals surface area (Å²) < 4.78 is 35.4. The molecular weight excluding hydrogens is 474 g/mol. The molecule has 0 unspecified atom stereocenters. The molecule has 0 aliphatic carbocycles. The van der Waals surface area contributed by atoms with Crippen molar-refractivity contribution in [2.24, 2.45) is 0 Å². The largest absolute Gasteiger partial charge is 0.476 e. The molecule has 0 atom stereocenters. The van der Waals surface area contributed by atoms with Crippen LogP contribution in [0.5, 0.6) is 0 Å². The third-order valence-corrected chi connectivity index (χ3v) is 5.09. The molecule has 0 fully saturated rings. The number of ketones is 1. The summed E-state index contributed by atoms with van der Waals surface area (Å²) in [6.45, 7) is 0.193. The average molecular weight is 498 g/mol. The zero-order valence-corrected chi connectivity index (χ0v) is 19.2. The summed E-state index contributed by atoms with van der Waals surface area (Å²) in [6, 6.07) is 14.2. The molecule has 0 radical (unpaired) electrons. The van der Waals surface area contributed by atoms with E-state index >= 15 is 0 Å². The van der Waals surface area contributed by atoms with Gasteiger partial charge in [0, 0.05) is 36.3 Å². The molecule has 36 heavy (non-hydrogen) atoms. The summed E-state index contributed by atoms with van der Waals surface area (Å²) >= 11 is 0. The van der Waals surface area contributed by atoms with Crippen LogP contribution in [0.2, 0.25) is 0 Å². The predicted octanol–water partition coefficient (Wildman–Crippen LogP) is 5.79. The van der Waals surface area contributed by atoms with Crippen LogP contribution in [0, 0.1) is 11.6 Å². The molecule has 2 heterocycles. The molecule has 4 rings (SSSR count). The van der Waals surface area contributed by atoms with Crippen molar-refractivity contribution in [3.63, 3.8) is 0 Å². The number of hydrogen-bond donors (Lipinski definition) is 2. The quantitative estimate of drug-likeness (QED) is 0.208. The normalized spacial score (nSPS) is 10.5. The SMILES string of the molecule is O=C(CCCCCCO)c1cc(-c2ccc(F)cc2)on1.O=C(O)c1cc(-c2ccc(F)cc2)on1. The van der Waals surface area contributed by atoms with E-state index in [0.29, 0.717) is 34.8 Å². The van der Waals surface area contributed by atoms with Crippen LogP contribution in [-0.2, 0) is 0 Å². The molecule has 2 N–H and O–H groups in total. The molecular formula is C26H24F2N2O6. The molecule has 0 spiro atoms. The first-order valence-corrected chi connectivity index (χ1v) is 11.2. The lowest BCUT2D eigenvalue weighted by Crippen LogP contribution is -1.99. The minimum Gasteiger partial charge on any atom is -0.476 e. The van der Waals surface area contributed by atoms with Gasteiger partial charge in [-0.3, -0.25) is 4.79 Å². The topological polar surface area (TPSA) is 127 Å². The number of halogens is 2. The molecule has 8 nitrogen and oxygen atoms in total. The number of carboxylic acids is 1. The first-order chi connectivity index (χ1) is 17.4. The number of nitrogens with zero attached hydrogens (tertiary/aromatic N) is 2. The number of aliphatic hydroxyl groups is 1. The van der Waals surface area contributed by atoms with E-state index in [1.165, 1.54) is 42.5 Å². The maximum Gasteiger partial charge on any atom is 0.358 e. The van der Waals surface area contributed by atoms with Crippen molar-refractivity contribution in [3.8, 4) is 22.6 Å². The average Bonchev–Trinajstić information content (AvgIpc) is 3.56. The Morgan fingerprint density at radius 2 is 1.19 bits per heavy atom. The summed E-state index contributed by atoms with van der Waals surface area (Å²) in [6.07, 6.45) is 3.80.